The number of hydrogen-bond donors (Lipinski definition) is 2. The van der Waals surface area contributed by atoms with Gasteiger partial charge in [0, 0.05) is 40.2 Å². The molecule has 0 saturated heterocycles. The SMILES string of the molecule is CC(C)(C)CC(=O)c1ccc2[nH]c3c(c2c1)CC(NC(C)(C)C)CC3. The lowest BCUT2D eigenvalue weighted by Gasteiger charge is -2.31. The fraction of sp³-hybridized carbons (Fsp3) is 0.591. The largest absolute Gasteiger partial charge is 0.358 e. The number of H-pyrrole nitrogens is 1. The van der Waals surface area contributed by atoms with Crippen molar-refractivity contribution in [2.45, 2.75) is 78.8 Å². The molecule has 0 saturated carbocycles. The van der Waals surface area contributed by atoms with Gasteiger partial charge in [-0.05, 0) is 69.2 Å². The van der Waals surface area contributed by atoms with Gasteiger partial charge in [0.25, 0.3) is 0 Å². The van der Waals surface area contributed by atoms with Crippen molar-refractivity contribution >= 4 is 16.7 Å². The Hall–Kier alpha value is -1.61. The smallest absolute Gasteiger partial charge is 0.163 e. The molecule has 3 heteroatoms. The highest BCUT2D eigenvalue weighted by atomic mass is 16.1. The molecule has 1 unspecified atom stereocenters. The van der Waals surface area contributed by atoms with Crippen LogP contribution < -0.4 is 5.32 Å². The van der Waals surface area contributed by atoms with Crippen LogP contribution in [-0.2, 0) is 12.8 Å². The molecule has 0 fully saturated rings. The van der Waals surface area contributed by atoms with Gasteiger partial charge in [-0.15, -0.1) is 0 Å². The molecule has 1 aliphatic rings. The molecule has 3 nitrogen and oxygen atoms in total. The summed E-state index contributed by atoms with van der Waals surface area (Å²) >= 11 is 0. The Bertz CT molecular complexity index is 787. The summed E-state index contributed by atoms with van der Waals surface area (Å²) in [6.07, 6.45) is 3.85. The van der Waals surface area contributed by atoms with Gasteiger partial charge in [0.05, 0.1) is 0 Å². The van der Waals surface area contributed by atoms with Crippen LogP contribution in [0.4, 0.5) is 0 Å². The summed E-state index contributed by atoms with van der Waals surface area (Å²) in [5.74, 6) is 0.240. The standard InChI is InChI=1S/C22H32N2O/c1-21(2,3)13-20(25)14-7-9-18-16(11-14)17-12-15(24-22(4,5)6)8-10-19(17)23-18/h7,9,11,15,23-24H,8,10,12-13H2,1-6H3. The van der Waals surface area contributed by atoms with E-state index in [1.165, 1.54) is 16.6 Å². The molecule has 0 spiro atoms. The van der Waals surface area contributed by atoms with E-state index in [4.69, 9.17) is 0 Å². The van der Waals surface area contributed by atoms with Crippen LogP contribution in [0, 0.1) is 5.41 Å². The Balaban J connectivity index is 1.90. The molecule has 1 aromatic heterocycles. The molecule has 0 amide bonds. The maximum absolute atomic E-state index is 12.6. The molecule has 25 heavy (non-hydrogen) atoms. The number of carbonyl (C=O) groups excluding carboxylic acids is 1. The van der Waals surface area contributed by atoms with Crippen LogP contribution in [0.1, 0.15) is 76.0 Å². The third-order valence-corrected chi connectivity index (χ3v) is 4.84. The minimum absolute atomic E-state index is 0.0192. The van der Waals surface area contributed by atoms with Gasteiger partial charge in [-0.3, -0.25) is 4.79 Å². The molecule has 136 valence electrons. The van der Waals surface area contributed by atoms with Gasteiger partial charge in [0.2, 0.25) is 0 Å². The molecule has 1 heterocycles. The zero-order valence-electron chi connectivity index (χ0n) is 16.5. The van der Waals surface area contributed by atoms with E-state index in [-0.39, 0.29) is 16.7 Å². The normalized spacial score (nSPS) is 18.4. The van der Waals surface area contributed by atoms with Crippen LogP contribution in [0.2, 0.25) is 0 Å². The summed E-state index contributed by atoms with van der Waals surface area (Å²) in [5.41, 5.74) is 4.90. The van der Waals surface area contributed by atoms with Crippen molar-refractivity contribution in [1.82, 2.24) is 10.3 Å². The first-order valence-electron chi connectivity index (χ1n) is 9.46. The van der Waals surface area contributed by atoms with Crippen LogP contribution >= 0.6 is 0 Å². The van der Waals surface area contributed by atoms with Crippen LogP contribution in [0.15, 0.2) is 18.2 Å². The summed E-state index contributed by atoms with van der Waals surface area (Å²) < 4.78 is 0. The molecule has 0 radical (unpaired) electrons. The molecular weight excluding hydrogens is 308 g/mol. The van der Waals surface area contributed by atoms with Crippen LogP contribution in [0.25, 0.3) is 10.9 Å². The number of fused-ring (bicyclic) bond motifs is 3. The van der Waals surface area contributed by atoms with E-state index in [9.17, 15) is 4.79 Å². The van der Waals surface area contributed by atoms with Crippen molar-refractivity contribution in [3.63, 3.8) is 0 Å². The van der Waals surface area contributed by atoms with Gasteiger partial charge >= 0.3 is 0 Å². The van der Waals surface area contributed by atoms with E-state index in [2.05, 4.69) is 64.0 Å². The van der Waals surface area contributed by atoms with Gasteiger partial charge in [-0.25, -0.2) is 0 Å². The van der Waals surface area contributed by atoms with E-state index >= 15 is 0 Å². The van der Waals surface area contributed by atoms with Crippen LogP contribution in [-0.4, -0.2) is 22.3 Å². The highest BCUT2D eigenvalue weighted by Gasteiger charge is 2.26. The number of aryl methyl sites for hydroxylation is 1. The number of Topliss-reactive ketones (excluding diaryl/α,β-unsaturated/α-hetero) is 1. The molecule has 2 N–H and O–H groups in total. The predicted octanol–water partition coefficient (Wildman–Crippen LogP) is 5.03. The second kappa shape index (κ2) is 6.28. The lowest BCUT2D eigenvalue weighted by atomic mass is 9.86. The molecule has 1 atom stereocenters. The zero-order valence-corrected chi connectivity index (χ0v) is 16.5. The van der Waals surface area contributed by atoms with Crippen molar-refractivity contribution in [1.29, 1.82) is 0 Å². The highest BCUT2D eigenvalue weighted by Crippen LogP contribution is 2.31. The maximum atomic E-state index is 12.6. The van der Waals surface area contributed by atoms with E-state index in [1.54, 1.807) is 0 Å². The molecular formula is C22H32N2O. The van der Waals surface area contributed by atoms with Gasteiger partial charge < -0.3 is 10.3 Å². The van der Waals surface area contributed by atoms with Crippen molar-refractivity contribution in [2.75, 3.05) is 0 Å². The molecule has 1 aliphatic carbocycles. The predicted molar refractivity (Wildman–Crippen MR) is 105 cm³/mol. The summed E-state index contributed by atoms with van der Waals surface area (Å²) in [6, 6.07) is 6.66. The number of carbonyl (C=O) groups is 1. The summed E-state index contributed by atoms with van der Waals surface area (Å²) in [4.78, 5) is 16.2. The first-order valence-corrected chi connectivity index (χ1v) is 9.46. The van der Waals surface area contributed by atoms with E-state index in [0.717, 1.165) is 30.3 Å². The van der Waals surface area contributed by atoms with Crippen molar-refractivity contribution in [3.05, 3.63) is 35.0 Å². The van der Waals surface area contributed by atoms with Crippen LogP contribution in [0.3, 0.4) is 0 Å². The molecule has 0 bridgehead atoms. The third kappa shape index (κ3) is 4.33. The minimum Gasteiger partial charge on any atom is -0.358 e. The highest BCUT2D eigenvalue weighted by molar-refractivity contribution is 6.00. The minimum atomic E-state index is 0.0192. The zero-order chi connectivity index (χ0) is 18.4. The van der Waals surface area contributed by atoms with Crippen LogP contribution in [0.5, 0.6) is 0 Å². The number of hydrogen-bond acceptors (Lipinski definition) is 2. The first kappa shape index (κ1) is 18.2. The molecule has 0 aliphatic heterocycles. The quantitative estimate of drug-likeness (QED) is 0.770. The average molecular weight is 341 g/mol. The Morgan fingerprint density at radius 3 is 2.56 bits per heavy atom. The number of rotatable bonds is 3. The maximum Gasteiger partial charge on any atom is 0.163 e. The fourth-order valence-corrected chi connectivity index (χ4v) is 3.91. The Morgan fingerprint density at radius 2 is 1.92 bits per heavy atom. The fourth-order valence-electron chi connectivity index (χ4n) is 3.91. The Morgan fingerprint density at radius 1 is 1.20 bits per heavy atom. The third-order valence-electron chi connectivity index (χ3n) is 4.84. The number of ketones is 1. The average Bonchev–Trinajstić information content (AvgIpc) is 2.81. The first-order chi connectivity index (χ1) is 11.5. The summed E-state index contributed by atoms with van der Waals surface area (Å²) in [5, 5.41) is 4.97. The molecule has 3 rings (SSSR count). The lowest BCUT2D eigenvalue weighted by Crippen LogP contribution is -2.46. The number of aromatic nitrogens is 1. The second-order valence-corrected chi connectivity index (χ2v) is 9.84. The van der Waals surface area contributed by atoms with E-state index in [0.29, 0.717) is 12.5 Å². The Kier molecular flexibility index (Phi) is 4.57. The van der Waals surface area contributed by atoms with Crippen molar-refractivity contribution in [2.24, 2.45) is 5.41 Å². The summed E-state index contributed by atoms with van der Waals surface area (Å²) in [7, 11) is 0. The van der Waals surface area contributed by atoms with E-state index in [1.807, 2.05) is 6.07 Å². The van der Waals surface area contributed by atoms with Gasteiger partial charge in [0.15, 0.2) is 5.78 Å². The monoisotopic (exact) mass is 340 g/mol. The lowest BCUT2D eigenvalue weighted by molar-refractivity contribution is 0.0940. The Labute approximate surface area is 151 Å². The molecule has 2 aromatic rings. The number of benzene rings is 1. The number of aromatic amines is 1. The van der Waals surface area contributed by atoms with Gasteiger partial charge in [-0.1, -0.05) is 20.8 Å². The van der Waals surface area contributed by atoms with Gasteiger partial charge in [0.1, 0.15) is 0 Å². The topological polar surface area (TPSA) is 44.9 Å². The summed E-state index contributed by atoms with van der Waals surface area (Å²) in [6.45, 7) is 13.0. The molecule has 1 aromatic carbocycles. The van der Waals surface area contributed by atoms with Gasteiger partial charge in [-0.2, -0.15) is 0 Å². The van der Waals surface area contributed by atoms with E-state index < -0.39 is 0 Å². The van der Waals surface area contributed by atoms with Crippen molar-refractivity contribution in [3.8, 4) is 0 Å². The second-order valence-electron chi connectivity index (χ2n) is 9.84. The number of nitrogens with one attached hydrogen (secondary N) is 2. The van der Waals surface area contributed by atoms with Crippen molar-refractivity contribution < 1.29 is 4.79 Å².